The second-order valence-corrected chi connectivity index (χ2v) is 8.13. The first-order chi connectivity index (χ1) is 13.5. The zero-order valence-electron chi connectivity index (χ0n) is 19.7. The lowest BCUT2D eigenvalue weighted by molar-refractivity contribution is -0.136. The van der Waals surface area contributed by atoms with Crippen LogP contribution in [0.5, 0.6) is 0 Å². The molecular weight excluding hydrogens is 344 g/mol. The summed E-state index contributed by atoms with van der Waals surface area (Å²) in [5.41, 5.74) is 0.460. The number of terminal acetylenes is 2. The van der Waals surface area contributed by atoms with E-state index in [1.165, 1.54) is 38.5 Å². The maximum atomic E-state index is 10.6. The van der Waals surface area contributed by atoms with Crippen molar-refractivity contribution in [2.75, 3.05) is 6.61 Å². The predicted molar refractivity (Wildman–Crippen MR) is 124 cm³/mol. The van der Waals surface area contributed by atoms with E-state index in [4.69, 9.17) is 0 Å². The van der Waals surface area contributed by atoms with Gasteiger partial charge in [-0.25, -0.2) is 0 Å². The maximum Gasteiger partial charge on any atom is 0.0621 e. The Morgan fingerprint density at radius 2 is 1.46 bits per heavy atom. The highest BCUT2D eigenvalue weighted by molar-refractivity contribution is 5.03. The van der Waals surface area contributed by atoms with Crippen LogP contribution in [0.1, 0.15) is 93.4 Å². The van der Waals surface area contributed by atoms with E-state index in [1.54, 1.807) is 6.92 Å². The van der Waals surface area contributed by atoms with E-state index in [-0.39, 0.29) is 18.6 Å². The molecule has 3 aliphatic carbocycles. The van der Waals surface area contributed by atoms with E-state index >= 15 is 0 Å². The molecule has 0 heterocycles. The Morgan fingerprint density at radius 1 is 0.964 bits per heavy atom. The normalized spacial score (nSPS) is 37.6. The van der Waals surface area contributed by atoms with E-state index in [0.29, 0.717) is 17.3 Å². The summed E-state index contributed by atoms with van der Waals surface area (Å²) in [5, 5.41) is 20.0. The Hall–Kier alpha value is -0.960. The first kappa shape index (κ1) is 29.2. The van der Waals surface area contributed by atoms with Crippen molar-refractivity contribution in [3.8, 4) is 25.2 Å². The molecule has 7 atom stereocenters. The van der Waals surface area contributed by atoms with Crippen LogP contribution in [0.25, 0.3) is 0 Å². The van der Waals surface area contributed by atoms with Crippen LogP contribution in [0.4, 0.5) is 0 Å². The molecule has 3 saturated carbocycles. The maximum absolute atomic E-state index is 10.6. The number of aliphatic hydroxyl groups is 2. The number of aliphatic hydroxyl groups excluding tert-OH is 2. The van der Waals surface area contributed by atoms with Crippen LogP contribution in [0.15, 0.2) is 0 Å². The van der Waals surface area contributed by atoms with Crippen molar-refractivity contribution >= 4 is 0 Å². The average molecular weight is 393 g/mol. The molecule has 3 rings (SSSR count). The van der Waals surface area contributed by atoms with Crippen LogP contribution >= 0.6 is 0 Å². The Bertz CT molecular complexity index is 435. The lowest BCUT2D eigenvalue weighted by atomic mass is 9.47. The van der Waals surface area contributed by atoms with Crippen LogP contribution in [-0.4, -0.2) is 22.9 Å². The van der Waals surface area contributed by atoms with Crippen molar-refractivity contribution in [2.24, 2.45) is 35.0 Å². The van der Waals surface area contributed by atoms with Gasteiger partial charge in [-0.2, -0.15) is 0 Å². The van der Waals surface area contributed by atoms with Crippen LogP contribution in [0, 0.1) is 60.2 Å². The molecule has 164 valence electrons. The fourth-order valence-corrected chi connectivity index (χ4v) is 6.04. The molecule has 0 saturated heterocycles. The molecule has 0 aliphatic heterocycles. The lowest BCUT2D eigenvalue weighted by Gasteiger charge is -2.59. The molecule has 3 fully saturated rings. The molecule has 2 N–H and O–H groups in total. The van der Waals surface area contributed by atoms with Crippen LogP contribution in [0.3, 0.4) is 0 Å². The Labute approximate surface area is 176 Å². The third kappa shape index (κ3) is 6.83. The summed E-state index contributed by atoms with van der Waals surface area (Å²) in [6, 6.07) is 0. The predicted octanol–water partition coefficient (Wildman–Crippen LogP) is 6.16. The Kier molecular flexibility index (Phi) is 16.6. The minimum atomic E-state index is -0.251. The molecule has 0 radical (unpaired) electrons. The van der Waals surface area contributed by atoms with Gasteiger partial charge in [0.1, 0.15) is 0 Å². The number of hydrogen-bond acceptors (Lipinski definition) is 2. The second kappa shape index (κ2) is 15.9. The van der Waals surface area contributed by atoms with Crippen molar-refractivity contribution in [3.05, 3.63) is 0 Å². The van der Waals surface area contributed by atoms with Gasteiger partial charge in [0.15, 0.2) is 0 Å². The van der Waals surface area contributed by atoms with Crippen molar-refractivity contribution < 1.29 is 10.2 Å². The van der Waals surface area contributed by atoms with Gasteiger partial charge in [-0.1, -0.05) is 54.4 Å². The lowest BCUT2D eigenvalue weighted by Crippen LogP contribution is -2.54. The van der Waals surface area contributed by atoms with Gasteiger partial charge in [0.2, 0.25) is 0 Å². The molecule has 0 aromatic rings. The summed E-state index contributed by atoms with van der Waals surface area (Å²) in [4.78, 5) is 0. The molecule has 0 amide bonds. The summed E-state index contributed by atoms with van der Waals surface area (Å²) in [6.07, 6.45) is 21.2. The molecule has 28 heavy (non-hydrogen) atoms. The summed E-state index contributed by atoms with van der Waals surface area (Å²) in [7, 11) is 0. The van der Waals surface area contributed by atoms with Crippen molar-refractivity contribution in [3.63, 3.8) is 0 Å². The highest BCUT2D eigenvalue weighted by Gasteiger charge is 2.54. The van der Waals surface area contributed by atoms with Gasteiger partial charge in [-0.3, -0.25) is 0 Å². The summed E-state index contributed by atoms with van der Waals surface area (Å²) < 4.78 is 0. The highest BCUT2D eigenvalue weighted by atomic mass is 16.3. The number of fused-ring (bicyclic) bond motifs is 3. The molecule has 2 nitrogen and oxygen atoms in total. The fourth-order valence-electron chi connectivity index (χ4n) is 6.04. The molecular formula is C26H48O2. The van der Waals surface area contributed by atoms with E-state index in [2.05, 4.69) is 39.0 Å². The van der Waals surface area contributed by atoms with Crippen molar-refractivity contribution in [1.29, 1.82) is 0 Å². The average Bonchev–Trinajstić information content (AvgIpc) is 2.73. The van der Waals surface area contributed by atoms with Crippen LogP contribution in [-0.2, 0) is 0 Å². The first-order valence-corrected chi connectivity index (χ1v) is 11.5. The van der Waals surface area contributed by atoms with Gasteiger partial charge in [0.05, 0.1) is 6.10 Å². The van der Waals surface area contributed by atoms with Gasteiger partial charge < -0.3 is 10.2 Å². The van der Waals surface area contributed by atoms with E-state index in [1.807, 2.05) is 27.7 Å². The standard InChI is InChI=1S/C17H30O2.C3H4.2C2H6.C2H2/c1-11-4-3-9-17(2)14(11)8-6-13-15(17)7-5-12(10-18)16(13)19;1-3-2;3*1-2/h11-16,18-19H,3-10H2,1-2H3;1H,2H3;2*1-2H3;1-2H/t11-,12+,13?,14+,15+,16+,17+;;;;/m0..../s1. The molecule has 1 unspecified atom stereocenters. The van der Waals surface area contributed by atoms with E-state index < -0.39 is 0 Å². The molecule has 0 aromatic carbocycles. The third-order valence-corrected chi connectivity index (χ3v) is 7.09. The largest absolute Gasteiger partial charge is 0.396 e. The third-order valence-electron chi connectivity index (χ3n) is 7.09. The monoisotopic (exact) mass is 392 g/mol. The molecule has 3 aliphatic rings. The Balaban J connectivity index is 0. The van der Waals surface area contributed by atoms with Gasteiger partial charge in [-0.15, -0.1) is 25.2 Å². The summed E-state index contributed by atoms with van der Waals surface area (Å²) >= 11 is 0. The molecule has 0 spiro atoms. The van der Waals surface area contributed by atoms with Crippen molar-refractivity contribution in [1.82, 2.24) is 0 Å². The minimum absolute atomic E-state index is 0.141. The number of rotatable bonds is 1. The fraction of sp³-hybridized carbons (Fsp3) is 0.846. The molecule has 0 aromatic heterocycles. The van der Waals surface area contributed by atoms with Gasteiger partial charge in [-0.05, 0) is 68.1 Å². The topological polar surface area (TPSA) is 40.5 Å². The minimum Gasteiger partial charge on any atom is -0.396 e. The smallest absolute Gasteiger partial charge is 0.0621 e. The van der Waals surface area contributed by atoms with Crippen molar-refractivity contribution in [2.45, 2.75) is 99.5 Å². The van der Waals surface area contributed by atoms with Gasteiger partial charge in [0, 0.05) is 12.5 Å². The Morgan fingerprint density at radius 3 is 1.96 bits per heavy atom. The van der Waals surface area contributed by atoms with Gasteiger partial charge in [0.25, 0.3) is 0 Å². The van der Waals surface area contributed by atoms with E-state index in [9.17, 15) is 10.2 Å². The highest BCUT2D eigenvalue weighted by Crippen LogP contribution is 2.60. The second-order valence-electron chi connectivity index (χ2n) is 8.13. The SMILES string of the molecule is C#C.C#CC.CC.CC.C[C@H]1CCC[C@@]2(C)[C@@H]3CC[C@H](CO)[C@@H](O)C3CC[C@H]12. The first-order valence-electron chi connectivity index (χ1n) is 11.5. The van der Waals surface area contributed by atoms with E-state index in [0.717, 1.165) is 18.3 Å². The van der Waals surface area contributed by atoms with Gasteiger partial charge >= 0.3 is 0 Å². The molecule has 0 bridgehead atoms. The van der Waals surface area contributed by atoms with Crippen LogP contribution < -0.4 is 0 Å². The zero-order chi connectivity index (χ0) is 22.3. The molecule has 2 heteroatoms. The summed E-state index contributed by atoms with van der Waals surface area (Å²) in [5.74, 6) is 5.29. The quantitative estimate of drug-likeness (QED) is 0.525. The number of hydrogen-bond donors (Lipinski definition) is 2. The zero-order valence-corrected chi connectivity index (χ0v) is 19.7. The van der Waals surface area contributed by atoms with Crippen LogP contribution in [0.2, 0.25) is 0 Å². The summed E-state index contributed by atoms with van der Waals surface area (Å²) in [6.45, 7) is 14.8.